The first kappa shape index (κ1) is 12.4. The molecule has 0 aromatic rings. The van der Waals surface area contributed by atoms with Gasteiger partial charge < -0.3 is 10.2 Å². The number of rotatable bonds is 4. The van der Waals surface area contributed by atoms with Crippen molar-refractivity contribution in [3.63, 3.8) is 0 Å². The molecular formula is C14H28N2. The van der Waals surface area contributed by atoms with Crippen molar-refractivity contribution in [2.75, 3.05) is 20.6 Å². The van der Waals surface area contributed by atoms with Gasteiger partial charge in [0.25, 0.3) is 0 Å². The van der Waals surface area contributed by atoms with Gasteiger partial charge in [-0.2, -0.15) is 0 Å². The van der Waals surface area contributed by atoms with E-state index in [2.05, 4.69) is 38.2 Å². The van der Waals surface area contributed by atoms with Crippen LogP contribution in [0.4, 0.5) is 0 Å². The molecule has 0 radical (unpaired) electrons. The van der Waals surface area contributed by atoms with E-state index in [-0.39, 0.29) is 0 Å². The minimum absolute atomic E-state index is 0.718. The van der Waals surface area contributed by atoms with E-state index >= 15 is 0 Å². The van der Waals surface area contributed by atoms with Gasteiger partial charge >= 0.3 is 0 Å². The number of hydrogen-bond donors (Lipinski definition) is 1. The molecule has 5 atom stereocenters. The minimum Gasteiger partial charge on any atom is -0.315 e. The highest BCUT2D eigenvalue weighted by atomic mass is 15.2. The van der Waals surface area contributed by atoms with Crippen LogP contribution in [0.3, 0.4) is 0 Å². The first-order valence-corrected chi connectivity index (χ1v) is 6.99. The monoisotopic (exact) mass is 224 g/mol. The summed E-state index contributed by atoms with van der Waals surface area (Å²) in [5, 5.41) is 3.52. The summed E-state index contributed by atoms with van der Waals surface area (Å²) in [6.07, 6.45) is 5.59. The standard InChI is InChI=1S/C14H28N2/c1-10-5-6-13(15-3)14(7-10)16(4)9-12-8-11(12)2/h10-15H,5-9H2,1-4H3. The van der Waals surface area contributed by atoms with Crippen LogP contribution in [-0.2, 0) is 0 Å². The minimum atomic E-state index is 0.718. The molecule has 0 saturated heterocycles. The maximum Gasteiger partial charge on any atom is 0.0248 e. The third-order valence-corrected chi connectivity index (χ3v) is 4.81. The molecule has 2 fully saturated rings. The van der Waals surface area contributed by atoms with Crippen molar-refractivity contribution >= 4 is 0 Å². The Balaban J connectivity index is 1.87. The second-order valence-electron chi connectivity index (χ2n) is 6.29. The molecule has 2 heteroatoms. The summed E-state index contributed by atoms with van der Waals surface area (Å²) >= 11 is 0. The maximum atomic E-state index is 3.52. The van der Waals surface area contributed by atoms with Crippen molar-refractivity contribution in [2.45, 2.75) is 51.6 Å². The quantitative estimate of drug-likeness (QED) is 0.788. The van der Waals surface area contributed by atoms with Crippen LogP contribution < -0.4 is 5.32 Å². The molecule has 0 aliphatic heterocycles. The second-order valence-corrected chi connectivity index (χ2v) is 6.29. The zero-order valence-electron chi connectivity index (χ0n) is 11.4. The Hall–Kier alpha value is -0.0800. The molecule has 2 aliphatic carbocycles. The Morgan fingerprint density at radius 1 is 1.19 bits per heavy atom. The summed E-state index contributed by atoms with van der Waals surface area (Å²) in [5.41, 5.74) is 0. The van der Waals surface area contributed by atoms with Crippen molar-refractivity contribution in [1.29, 1.82) is 0 Å². The van der Waals surface area contributed by atoms with Crippen LogP contribution >= 0.6 is 0 Å². The van der Waals surface area contributed by atoms with Gasteiger partial charge in [0, 0.05) is 18.6 Å². The SMILES string of the molecule is CNC1CCC(C)CC1N(C)CC1CC1C. The molecular weight excluding hydrogens is 196 g/mol. The third kappa shape index (κ3) is 2.78. The topological polar surface area (TPSA) is 15.3 Å². The average Bonchev–Trinajstić information content (AvgIpc) is 2.94. The van der Waals surface area contributed by atoms with E-state index in [9.17, 15) is 0 Å². The summed E-state index contributed by atoms with van der Waals surface area (Å²) < 4.78 is 0. The summed E-state index contributed by atoms with van der Waals surface area (Å²) in [6.45, 7) is 6.11. The predicted octanol–water partition coefficient (Wildman–Crippen LogP) is 2.35. The smallest absolute Gasteiger partial charge is 0.0248 e. The largest absolute Gasteiger partial charge is 0.315 e. The van der Waals surface area contributed by atoms with Gasteiger partial charge in [0.2, 0.25) is 0 Å². The highest BCUT2D eigenvalue weighted by molar-refractivity contribution is 4.92. The molecule has 2 nitrogen and oxygen atoms in total. The summed E-state index contributed by atoms with van der Waals surface area (Å²) in [6, 6.07) is 1.48. The average molecular weight is 224 g/mol. The van der Waals surface area contributed by atoms with E-state index in [0.29, 0.717) is 0 Å². The van der Waals surface area contributed by atoms with E-state index in [0.717, 1.165) is 29.8 Å². The molecule has 0 aromatic heterocycles. The van der Waals surface area contributed by atoms with Crippen LogP contribution in [0.2, 0.25) is 0 Å². The van der Waals surface area contributed by atoms with Gasteiger partial charge in [0.15, 0.2) is 0 Å². The zero-order chi connectivity index (χ0) is 11.7. The van der Waals surface area contributed by atoms with Crippen LogP contribution in [0.25, 0.3) is 0 Å². The predicted molar refractivity (Wildman–Crippen MR) is 69.6 cm³/mol. The molecule has 16 heavy (non-hydrogen) atoms. The molecule has 0 heterocycles. The van der Waals surface area contributed by atoms with Crippen molar-refractivity contribution < 1.29 is 0 Å². The van der Waals surface area contributed by atoms with Gasteiger partial charge in [0.05, 0.1) is 0 Å². The molecule has 94 valence electrons. The Kier molecular flexibility index (Phi) is 3.91. The normalized spacial score (nSPS) is 43.7. The highest BCUT2D eigenvalue weighted by Gasteiger charge is 2.37. The lowest BCUT2D eigenvalue weighted by Crippen LogP contribution is -2.51. The van der Waals surface area contributed by atoms with Gasteiger partial charge in [-0.05, 0) is 57.5 Å². The van der Waals surface area contributed by atoms with E-state index in [1.165, 1.54) is 32.2 Å². The molecule has 2 saturated carbocycles. The fourth-order valence-corrected chi connectivity index (χ4v) is 3.33. The Morgan fingerprint density at radius 3 is 2.44 bits per heavy atom. The number of nitrogens with zero attached hydrogens (tertiary/aromatic N) is 1. The molecule has 0 spiro atoms. The number of likely N-dealkylation sites (N-methyl/N-ethyl adjacent to an activating group) is 2. The summed E-state index contributed by atoms with van der Waals surface area (Å²) in [7, 11) is 4.46. The van der Waals surface area contributed by atoms with Gasteiger partial charge in [-0.15, -0.1) is 0 Å². The van der Waals surface area contributed by atoms with E-state index in [1.807, 2.05) is 0 Å². The van der Waals surface area contributed by atoms with Gasteiger partial charge in [-0.1, -0.05) is 13.8 Å². The lowest BCUT2D eigenvalue weighted by atomic mass is 9.82. The van der Waals surface area contributed by atoms with Crippen molar-refractivity contribution in [1.82, 2.24) is 10.2 Å². The van der Waals surface area contributed by atoms with Crippen LogP contribution in [-0.4, -0.2) is 37.6 Å². The number of hydrogen-bond acceptors (Lipinski definition) is 2. The lowest BCUT2D eigenvalue weighted by molar-refractivity contribution is 0.123. The molecule has 1 N–H and O–H groups in total. The molecule has 0 aromatic carbocycles. The van der Waals surface area contributed by atoms with E-state index < -0.39 is 0 Å². The highest BCUT2D eigenvalue weighted by Crippen LogP contribution is 2.39. The zero-order valence-corrected chi connectivity index (χ0v) is 11.4. The fourth-order valence-electron chi connectivity index (χ4n) is 3.33. The van der Waals surface area contributed by atoms with Crippen LogP contribution in [0.1, 0.15) is 39.5 Å². The second kappa shape index (κ2) is 5.05. The van der Waals surface area contributed by atoms with Crippen molar-refractivity contribution in [2.24, 2.45) is 17.8 Å². The summed E-state index contributed by atoms with van der Waals surface area (Å²) in [5.74, 6) is 2.88. The lowest BCUT2D eigenvalue weighted by Gasteiger charge is -2.40. The van der Waals surface area contributed by atoms with Crippen LogP contribution in [0, 0.1) is 17.8 Å². The van der Waals surface area contributed by atoms with Crippen molar-refractivity contribution in [3.8, 4) is 0 Å². The first-order chi connectivity index (χ1) is 7.61. The Morgan fingerprint density at radius 2 is 1.88 bits per heavy atom. The van der Waals surface area contributed by atoms with Crippen molar-refractivity contribution in [3.05, 3.63) is 0 Å². The van der Waals surface area contributed by atoms with E-state index in [1.54, 1.807) is 0 Å². The molecule has 2 rings (SSSR count). The molecule has 0 amide bonds. The third-order valence-electron chi connectivity index (χ3n) is 4.81. The Bertz CT molecular complexity index is 229. The molecule has 0 bridgehead atoms. The van der Waals surface area contributed by atoms with Crippen LogP contribution in [0.5, 0.6) is 0 Å². The van der Waals surface area contributed by atoms with Crippen LogP contribution in [0.15, 0.2) is 0 Å². The maximum absolute atomic E-state index is 3.52. The van der Waals surface area contributed by atoms with Gasteiger partial charge in [-0.25, -0.2) is 0 Å². The summed E-state index contributed by atoms with van der Waals surface area (Å²) in [4.78, 5) is 2.63. The molecule has 5 unspecified atom stereocenters. The first-order valence-electron chi connectivity index (χ1n) is 6.99. The number of nitrogens with one attached hydrogen (secondary N) is 1. The fraction of sp³-hybridized carbons (Fsp3) is 1.00. The molecule has 2 aliphatic rings. The van der Waals surface area contributed by atoms with Gasteiger partial charge in [0.1, 0.15) is 0 Å². The van der Waals surface area contributed by atoms with E-state index in [4.69, 9.17) is 0 Å². The van der Waals surface area contributed by atoms with Gasteiger partial charge in [-0.3, -0.25) is 0 Å². The Labute approximate surface area is 101 Å².